The van der Waals surface area contributed by atoms with Gasteiger partial charge in [0, 0.05) is 0 Å². The molecule has 0 fully saturated rings. The van der Waals surface area contributed by atoms with Crippen LogP contribution in [-0.2, 0) is 0 Å². The van der Waals surface area contributed by atoms with Gasteiger partial charge in [0.1, 0.15) is 0 Å². The molecule has 0 N–H and O–H groups in total. The lowest BCUT2D eigenvalue weighted by atomic mass is 9.82. The van der Waals surface area contributed by atoms with Crippen molar-refractivity contribution < 1.29 is 0 Å². The Kier molecular flexibility index (Phi) is 5.28. The van der Waals surface area contributed by atoms with Crippen LogP contribution in [-0.4, -0.2) is 8.07 Å². The van der Waals surface area contributed by atoms with E-state index in [1.165, 1.54) is 66.1 Å². The second kappa shape index (κ2) is 8.53. The third-order valence-corrected chi connectivity index (χ3v) is 15.0. The van der Waals surface area contributed by atoms with E-state index in [1.54, 1.807) is 5.19 Å². The van der Waals surface area contributed by atoms with Crippen LogP contribution in [0.4, 0.5) is 0 Å². The maximum Gasteiger partial charge on any atom is 0.0867 e. The molecule has 6 aromatic rings. The largest absolute Gasteiger partial charge is 0.0867 e. The van der Waals surface area contributed by atoms with Crippen molar-refractivity contribution in [1.29, 1.82) is 0 Å². The summed E-state index contributed by atoms with van der Waals surface area (Å²) in [6, 6.07) is 43.0. The van der Waals surface area contributed by atoms with Gasteiger partial charge >= 0.3 is 0 Å². The summed E-state index contributed by atoms with van der Waals surface area (Å²) in [5, 5.41) is 7.33. The van der Waals surface area contributed by atoms with E-state index in [-0.39, 0.29) is 5.04 Å². The van der Waals surface area contributed by atoms with Gasteiger partial charge in [-0.1, -0.05) is 154 Å². The summed E-state index contributed by atoms with van der Waals surface area (Å²) in [5.74, 6) is 0. The number of hydrogen-bond acceptors (Lipinski definition) is 0. The Hall–Kier alpha value is -3.94. The summed E-state index contributed by atoms with van der Waals surface area (Å²) >= 11 is 0. The predicted molar refractivity (Wildman–Crippen MR) is 174 cm³/mol. The van der Waals surface area contributed by atoms with Crippen LogP contribution < -0.4 is 5.19 Å². The monoisotopic (exact) mass is 518 g/mol. The standard InChI is InChI=1S/C38H34Si/c1-38(2,3)39(4,5)32-24-23-31-35-29(32)21-14-22-30(35)36-33(25-15-8-6-9-16-25)27-19-12-13-20-28(27)34(37(31)36)26-17-10-7-11-18-26/h6-24H,1-5H3. The van der Waals surface area contributed by atoms with Gasteiger partial charge in [-0.15, -0.1) is 0 Å². The fourth-order valence-corrected chi connectivity index (χ4v) is 8.75. The quantitative estimate of drug-likeness (QED) is 0.204. The molecule has 0 aliphatic heterocycles. The lowest BCUT2D eigenvalue weighted by Crippen LogP contribution is -2.49. The van der Waals surface area contributed by atoms with E-state index in [9.17, 15) is 0 Å². The zero-order valence-electron chi connectivity index (χ0n) is 23.5. The summed E-state index contributed by atoms with van der Waals surface area (Å²) in [6.45, 7) is 12.3. The second-order valence-corrected chi connectivity index (χ2v) is 17.8. The third kappa shape index (κ3) is 3.43. The van der Waals surface area contributed by atoms with Crippen molar-refractivity contribution in [1.82, 2.24) is 0 Å². The Morgan fingerprint density at radius 1 is 0.436 bits per heavy atom. The highest BCUT2D eigenvalue weighted by Gasteiger charge is 2.39. The Bertz CT molecular complexity index is 1800. The molecule has 0 amide bonds. The first-order valence-corrected chi connectivity index (χ1v) is 17.1. The molecule has 1 aliphatic carbocycles. The van der Waals surface area contributed by atoms with Crippen molar-refractivity contribution in [2.45, 2.75) is 38.9 Å². The van der Waals surface area contributed by atoms with Gasteiger partial charge in [0.25, 0.3) is 0 Å². The smallest absolute Gasteiger partial charge is 0.0650 e. The number of fused-ring (bicyclic) bond motifs is 4. The van der Waals surface area contributed by atoms with Crippen molar-refractivity contribution in [3.63, 3.8) is 0 Å². The first-order valence-electron chi connectivity index (χ1n) is 14.1. The third-order valence-electron chi connectivity index (χ3n) is 9.47. The van der Waals surface area contributed by atoms with Gasteiger partial charge in [-0.25, -0.2) is 0 Å². The molecule has 6 aromatic carbocycles. The topological polar surface area (TPSA) is 0 Å². The molecule has 0 nitrogen and oxygen atoms in total. The molecule has 1 heteroatoms. The minimum absolute atomic E-state index is 0.261. The fourth-order valence-electron chi connectivity index (χ4n) is 6.56. The first-order chi connectivity index (χ1) is 18.8. The van der Waals surface area contributed by atoms with Crippen molar-refractivity contribution in [3.8, 4) is 44.5 Å². The molecule has 0 spiro atoms. The SMILES string of the molecule is CC(C)(C)[Si](C)(C)c1ccc2c3c(cccc13)-c1c-2c(-c2ccccc2)c2ccccc2c1-c1ccccc1. The molecule has 0 heterocycles. The van der Waals surface area contributed by atoms with Crippen LogP contribution in [0.15, 0.2) is 115 Å². The molecule has 0 bridgehead atoms. The van der Waals surface area contributed by atoms with Crippen molar-refractivity contribution in [3.05, 3.63) is 115 Å². The van der Waals surface area contributed by atoms with Crippen LogP contribution in [0, 0.1) is 0 Å². The molecule has 190 valence electrons. The highest BCUT2D eigenvalue weighted by atomic mass is 28.3. The number of rotatable bonds is 3. The fraction of sp³-hybridized carbons (Fsp3) is 0.158. The van der Waals surface area contributed by atoms with E-state index in [2.05, 4.69) is 149 Å². The molecule has 39 heavy (non-hydrogen) atoms. The molecule has 0 saturated heterocycles. The zero-order chi connectivity index (χ0) is 26.9. The highest BCUT2D eigenvalue weighted by molar-refractivity contribution is 6.93. The van der Waals surface area contributed by atoms with Crippen LogP contribution >= 0.6 is 0 Å². The van der Waals surface area contributed by atoms with Gasteiger partial charge < -0.3 is 0 Å². The van der Waals surface area contributed by atoms with Crippen LogP contribution in [0.25, 0.3) is 66.1 Å². The van der Waals surface area contributed by atoms with E-state index in [1.807, 2.05) is 0 Å². The predicted octanol–water partition coefficient (Wildman–Crippen LogP) is 10.7. The van der Waals surface area contributed by atoms with Gasteiger partial charge in [0.05, 0.1) is 8.07 Å². The molecular formula is C38H34Si. The second-order valence-electron chi connectivity index (χ2n) is 12.5. The van der Waals surface area contributed by atoms with Gasteiger partial charge in [0.2, 0.25) is 0 Å². The molecule has 1 aliphatic rings. The summed E-state index contributed by atoms with van der Waals surface area (Å²) in [5.41, 5.74) is 10.8. The Morgan fingerprint density at radius 3 is 1.41 bits per heavy atom. The summed E-state index contributed by atoms with van der Waals surface area (Å²) in [7, 11) is -1.77. The molecule has 0 radical (unpaired) electrons. The number of hydrogen-bond donors (Lipinski definition) is 0. The molecule has 0 saturated carbocycles. The normalized spacial score (nSPS) is 12.7. The summed E-state index contributed by atoms with van der Waals surface area (Å²) in [6.07, 6.45) is 0. The summed E-state index contributed by atoms with van der Waals surface area (Å²) in [4.78, 5) is 0. The number of benzene rings is 6. The minimum atomic E-state index is -1.77. The van der Waals surface area contributed by atoms with E-state index < -0.39 is 8.07 Å². The van der Waals surface area contributed by atoms with E-state index in [4.69, 9.17) is 0 Å². The van der Waals surface area contributed by atoms with Crippen LogP contribution in [0.1, 0.15) is 20.8 Å². The molecular weight excluding hydrogens is 485 g/mol. The zero-order valence-corrected chi connectivity index (χ0v) is 24.5. The Balaban J connectivity index is 1.70. The molecule has 0 atom stereocenters. The van der Waals surface area contributed by atoms with E-state index >= 15 is 0 Å². The lowest BCUT2D eigenvalue weighted by Gasteiger charge is -2.38. The lowest BCUT2D eigenvalue weighted by molar-refractivity contribution is 0.730. The van der Waals surface area contributed by atoms with E-state index in [0.717, 1.165) is 0 Å². The molecule has 0 unspecified atom stereocenters. The van der Waals surface area contributed by atoms with Crippen molar-refractivity contribution in [2.24, 2.45) is 0 Å². The molecule has 0 aromatic heterocycles. The van der Waals surface area contributed by atoms with Gasteiger partial charge in [-0.05, 0) is 71.1 Å². The Morgan fingerprint density at radius 2 is 0.897 bits per heavy atom. The average Bonchev–Trinajstić information content (AvgIpc) is 3.27. The molecule has 7 rings (SSSR count). The summed E-state index contributed by atoms with van der Waals surface area (Å²) < 4.78 is 0. The van der Waals surface area contributed by atoms with Gasteiger partial charge in [-0.2, -0.15) is 0 Å². The van der Waals surface area contributed by atoms with Gasteiger partial charge in [0.15, 0.2) is 0 Å². The van der Waals surface area contributed by atoms with Crippen molar-refractivity contribution >= 4 is 34.8 Å². The van der Waals surface area contributed by atoms with Gasteiger partial charge in [-0.3, -0.25) is 0 Å². The maximum atomic E-state index is 2.54. The van der Waals surface area contributed by atoms with Crippen LogP contribution in [0.2, 0.25) is 18.1 Å². The maximum absolute atomic E-state index is 2.54. The first kappa shape index (κ1) is 24.1. The highest BCUT2D eigenvalue weighted by Crippen LogP contribution is 2.57. The average molecular weight is 519 g/mol. The van der Waals surface area contributed by atoms with Crippen LogP contribution in [0.3, 0.4) is 0 Å². The van der Waals surface area contributed by atoms with Crippen LogP contribution in [0.5, 0.6) is 0 Å². The minimum Gasteiger partial charge on any atom is -0.0650 e. The van der Waals surface area contributed by atoms with E-state index in [0.29, 0.717) is 0 Å². The van der Waals surface area contributed by atoms with Crippen molar-refractivity contribution in [2.75, 3.05) is 0 Å². The Labute approximate surface area is 233 Å².